The van der Waals surface area contributed by atoms with Crippen LogP contribution in [0, 0.1) is 0 Å². The third-order valence-electron chi connectivity index (χ3n) is 1.51. The molecule has 0 radical (unpaired) electrons. The van der Waals surface area contributed by atoms with Gasteiger partial charge in [0.15, 0.2) is 11.6 Å². The van der Waals surface area contributed by atoms with Gasteiger partial charge in [-0.15, -0.1) is 11.5 Å². The Hall–Kier alpha value is 0.430. The fourth-order valence-corrected chi connectivity index (χ4v) is 0.786. The molecule has 0 aromatic carbocycles. The number of allylic oxidation sites excluding steroid dienone is 3. The molecule has 21 heavy (non-hydrogen) atoms. The van der Waals surface area contributed by atoms with Crippen LogP contribution in [-0.2, 0) is 19.1 Å². The molecule has 0 heterocycles. The van der Waals surface area contributed by atoms with Crippen molar-refractivity contribution in [1.82, 2.24) is 0 Å². The van der Waals surface area contributed by atoms with E-state index >= 15 is 0 Å². The minimum atomic E-state index is -1.27. The SMILES string of the molecule is COC(=O)/C([O-])=C/C(=O)/C=C([O-])/C([O-])=C/C(C)=O.[Na+].[Na+].[Na+]. The molecule has 0 rings (SSSR count). The van der Waals surface area contributed by atoms with Gasteiger partial charge in [0.25, 0.3) is 0 Å². The van der Waals surface area contributed by atoms with Crippen molar-refractivity contribution in [3.05, 3.63) is 35.5 Å². The fraction of sp³-hybridized carbons (Fsp3) is 0.182. The van der Waals surface area contributed by atoms with Gasteiger partial charge in [-0.05, 0) is 30.9 Å². The van der Waals surface area contributed by atoms with Gasteiger partial charge in [-0.25, -0.2) is 4.79 Å². The van der Waals surface area contributed by atoms with Gasteiger partial charge < -0.3 is 20.1 Å². The quantitative estimate of drug-likeness (QED) is 0.161. The minimum Gasteiger partial charge on any atom is -0.873 e. The van der Waals surface area contributed by atoms with E-state index in [2.05, 4.69) is 4.74 Å². The first-order valence-electron chi connectivity index (χ1n) is 4.57. The van der Waals surface area contributed by atoms with Gasteiger partial charge in [-0.1, -0.05) is 0 Å². The molecule has 0 saturated heterocycles. The summed E-state index contributed by atoms with van der Waals surface area (Å²) in [4.78, 5) is 32.2. The van der Waals surface area contributed by atoms with E-state index in [-0.39, 0.29) is 88.7 Å². The molecule has 7 nitrogen and oxygen atoms in total. The molecule has 0 aliphatic carbocycles. The van der Waals surface area contributed by atoms with Crippen molar-refractivity contribution in [2.45, 2.75) is 6.92 Å². The summed E-state index contributed by atoms with van der Waals surface area (Å²) in [6.45, 7) is 1.06. The Morgan fingerprint density at radius 3 is 1.57 bits per heavy atom. The topological polar surface area (TPSA) is 130 Å². The largest absolute Gasteiger partial charge is 1.00 e. The third-order valence-corrected chi connectivity index (χ3v) is 1.51. The van der Waals surface area contributed by atoms with Crippen molar-refractivity contribution in [2.75, 3.05) is 7.11 Å². The Kier molecular flexibility index (Phi) is 21.5. The number of hydrogen-bond acceptors (Lipinski definition) is 7. The molecule has 10 heteroatoms. The molecule has 0 N–H and O–H groups in total. The molecule has 0 aliphatic rings. The van der Waals surface area contributed by atoms with Crippen molar-refractivity contribution in [2.24, 2.45) is 0 Å². The smallest absolute Gasteiger partial charge is 0.873 e. The zero-order valence-electron chi connectivity index (χ0n) is 12.6. The van der Waals surface area contributed by atoms with Crippen LogP contribution in [0.5, 0.6) is 0 Å². The van der Waals surface area contributed by atoms with Crippen molar-refractivity contribution < 1.29 is 123 Å². The molecule has 0 spiro atoms. The van der Waals surface area contributed by atoms with E-state index in [0.717, 1.165) is 14.0 Å². The molecule has 0 unspecified atom stereocenters. The van der Waals surface area contributed by atoms with Gasteiger partial charge >= 0.3 is 94.6 Å². The summed E-state index contributed by atoms with van der Waals surface area (Å²) in [5.74, 6) is -6.76. The summed E-state index contributed by atoms with van der Waals surface area (Å²) >= 11 is 0. The maximum atomic E-state index is 11.1. The molecular weight excluding hydrogens is 313 g/mol. The predicted molar refractivity (Wildman–Crippen MR) is 52.0 cm³/mol. The molecular formula is C11H9Na3O7. The number of hydrogen-bond donors (Lipinski definition) is 0. The second-order valence-electron chi connectivity index (χ2n) is 3.03. The monoisotopic (exact) mass is 322 g/mol. The van der Waals surface area contributed by atoms with E-state index in [4.69, 9.17) is 0 Å². The van der Waals surface area contributed by atoms with Crippen LogP contribution < -0.4 is 104 Å². The van der Waals surface area contributed by atoms with Crippen molar-refractivity contribution in [3.63, 3.8) is 0 Å². The fourth-order valence-electron chi connectivity index (χ4n) is 0.786. The number of methoxy groups -OCH3 is 1. The molecule has 0 atom stereocenters. The van der Waals surface area contributed by atoms with Crippen molar-refractivity contribution in [3.8, 4) is 0 Å². The molecule has 0 fully saturated rings. The van der Waals surface area contributed by atoms with Gasteiger partial charge in [0.05, 0.1) is 7.11 Å². The van der Waals surface area contributed by atoms with Crippen LogP contribution in [0.25, 0.3) is 0 Å². The molecule has 98 valence electrons. The summed E-state index contributed by atoms with van der Waals surface area (Å²) < 4.78 is 4.03. The second-order valence-corrected chi connectivity index (χ2v) is 3.03. The number of ether oxygens (including phenoxy) is 1. The van der Waals surface area contributed by atoms with Gasteiger partial charge in [-0.3, -0.25) is 9.59 Å². The zero-order chi connectivity index (χ0) is 14.3. The number of ketones is 2. The van der Waals surface area contributed by atoms with Crippen LogP contribution in [-0.4, -0.2) is 24.6 Å². The van der Waals surface area contributed by atoms with Crippen molar-refractivity contribution >= 4 is 17.5 Å². The average Bonchev–Trinajstić information content (AvgIpc) is 2.26. The normalized spacial score (nSPS) is 11.2. The van der Waals surface area contributed by atoms with Crippen LogP contribution in [0.2, 0.25) is 0 Å². The standard InChI is InChI=1S/C11H12O7.3Na/c1-6(12)3-8(14)9(15)4-7(13)5-10(16)11(17)18-2;;;/h3-5,14-16H,1-2H3;;;/q;3*+1/p-3/b8-3-,9-4-,10-5-;;;. The summed E-state index contributed by atoms with van der Waals surface area (Å²) in [7, 11) is 0.943. The Bertz CT molecular complexity index is 466. The number of carbonyl (C=O) groups is 3. The Morgan fingerprint density at radius 2 is 1.19 bits per heavy atom. The van der Waals surface area contributed by atoms with Gasteiger partial charge in [0, 0.05) is 0 Å². The van der Waals surface area contributed by atoms with Crippen LogP contribution in [0.3, 0.4) is 0 Å². The Labute approximate surface area is 188 Å². The summed E-state index contributed by atoms with van der Waals surface area (Å²) in [5.41, 5.74) is 0. The molecule has 0 bridgehead atoms. The summed E-state index contributed by atoms with van der Waals surface area (Å²) in [6.07, 6.45) is 1.13. The van der Waals surface area contributed by atoms with E-state index < -0.39 is 34.8 Å². The van der Waals surface area contributed by atoms with E-state index in [0.29, 0.717) is 18.2 Å². The summed E-state index contributed by atoms with van der Waals surface area (Å²) in [5, 5.41) is 32.9. The van der Waals surface area contributed by atoms with Gasteiger partial charge in [0.2, 0.25) is 0 Å². The zero-order valence-corrected chi connectivity index (χ0v) is 18.6. The first kappa shape index (κ1) is 29.4. The second kappa shape index (κ2) is 15.3. The first-order chi connectivity index (χ1) is 8.27. The van der Waals surface area contributed by atoms with Crippen LogP contribution >= 0.6 is 0 Å². The van der Waals surface area contributed by atoms with E-state index in [1.54, 1.807) is 0 Å². The number of rotatable bonds is 5. The van der Waals surface area contributed by atoms with Gasteiger partial charge in [-0.2, -0.15) is 0 Å². The molecule has 0 aliphatic heterocycles. The number of esters is 1. The maximum absolute atomic E-state index is 11.1. The molecule has 0 amide bonds. The van der Waals surface area contributed by atoms with E-state index in [9.17, 15) is 29.7 Å². The third kappa shape index (κ3) is 13.8. The molecule has 0 saturated carbocycles. The molecule has 0 aromatic heterocycles. The Balaban J connectivity index is -0.000000482. The van der Waals surface area contributed by atoms with Crippen LogP contribution in [0.15, 0.2) is 35.5 Å². The number of carbonyl (C=O) groups excluding carboxylic acids is 3. The summed E-state index contributed by atoms with van der Waals surface area (Å²) in [6, 6.07) is 0. The minimum absolute atomic E-state index is 0. The predicted octanol–water partition coefficient (Wildman–Crippen LogP) is -11.9. The Morgan fingerprint density at radius 1 is 0.810 bits per heavy atom. The van der Waals surface area contributed by atoms with Gasteiger partial charge in [0.1, 0.15) is 0 Å². The van der Waals surface area contributed by atoms with E-state index in [1.165, 1.54) is 0 Å². The average molecular weight is 322 g/mol. The van der Waals surface area contributed by atoms with Crippen LogP contribution in [0.1, 0.15) is 6.92 Å². The van der Waals surface area contributed by atoms with Crippen molar-refractivity contribution in [1.29, 1.82) is 0 Å². The molecule has 0 aromatic rings. The first-order valence-corrected chi connectivity index (χ1v) is 4.57. The van der Waals surface area contributed by atoms with E-state index in [1.807, 2.05) is 0 Å². The van der Waals surface area contributed by atoms with Crippen LogP contribution in [0.4, 0.5) is 0 Å². The maximum Gasteiger partial charge on any atom is 1.00 e.